The molecule has 2 aromatic rings. The number of rotatable bonds is 2. The van der Waals surface area contributed by atoms with E-state index in [1.54, 1.807) is 12.1 Å². The molecule has 0 unspecified atom stereocenters. The van der Waals surface area contributed by atoms with Crippen molar-refractivity contribution < 1.29 is 12.8 Å². The number of anilines is 1. The first-order valence-corrected chi connectivity index (χ1v) is 7.39. The summed E-state index contributed by atoms with van der Waals surface area (Å²) < 4.78 is 39.6. The van der Waals surface area contributed by atoms with Gasteiger partial charge in [-0.1, -0.05) is 24.3 Å². The van der Waals surface area contributed by atoms with Gasteiger partial charge in [0.2, 0.25) is 0 Å². The molecule has 3 rings (SSSR count). The Labute approximate surface area is 111 Å². The fourth-order valence-electron chi connectivity index (χ4n) is 2.31. The first kappa shape index (κ1) is 12.2. The molecular formula is C14H12FNO2S. The van der Waals surface area contributed by atoms with Gasteiger partial charge in [-0.25, -0.2) is 12.8 Å². The molecule has 0 bridgehead atoms. The van der Waals surface area contributed by atoms with Gasteiger partial charge in [-0.05, 0) is 36.2 Å². The lowest BCUT2D eigenvalue weighted by Gasteiger charge is -2.19. The Morgan fingerprint density at radius 3 is 2.63 bits per heavy atom. The third-order valence-corrected chi connectivity index (χ3v) is 5.04. The van der Waals surface area contributed by atoms with Gasteiger partial charge in [0.1, 0.15) is 5.82 Å². The minimum Gasteiger partial charge on any atom is -0.266 e. The highest BCUT2D eigenvalue weighted by Gasteiger charge is 2.30. The van der Waals surface area contributed by atoms with Crippen LogP contribution < -0.4 is 4.31 Å². The lowest BCUT2D eigenvalue weighted by molar-refractivity contribution is 0.587. The van der Waals surface area contributed by atoms with E-state index >= 15 is 0 Å². The Bertz CT molecular complexity index is 728. The van der Waals surface area contributed by atoms with Gasteiger partial charge in [-0.15, -0.1) is 0 Å². The van der Waals surface area contributed by atoms with Crippen molar-refractivity contribution in [3.05, 3.63) is 59.9 Å². The van der Waals surface area contributed by atoms with Gasteiger partial charge >= 0.3 is 0 Å². The molecule has 0 spiro atoms. The number of benzene rings is 2. The number of hydrogen-bond donors (Lipinski definition) is 0. The standard InChI is InChI=1S/C14H12FNO2S/c15-12-5-3-6-13(10-12)19(17,18)16-9-8-11-4-1-2-7-14(11)16/h1-7,10H,8-9H2. The fourth-order valence-corrected chi connectivity index (χ4v) is 3.85. The maximum Gasteiger partial charge on any atom is 0.264 e. The van der Waals surface area contributed by atoms with Crippen molar-refractivity contribution in [2.24, 2.45) is 0 Å². The smallest absolute Gasteiger partial charge is 0.264 e. The lowest BCUT2D eigenvalue weighted by Crippen LogP contribution is -2.29. The van der Waals surface area contributed by atoms with E-state index in [-0.39, 0.29) is 4.90 Å². The van der Waals surface area contributed by atoms with Crippen LogP contribution in [0.5, 0.6) is 0 Å². The summed E-state index contributed by atoms with van der Waals surface area (Å²) in [5.41, 5.74) is 1.69. The highest BCUT2D eigenvalue weighted by molar-refractivity contribution is 7.92. The van der Waals surface area contributed by atoms with Crippen LogP contribution in [-0.4, -0.2) is 15.0 Å². The second-order valence-electron chi connectivity index (χ2n) is 4.41. The van der Waals surface area contributed by atoms with Crippen LogP contribution in [0.1, 0.15) is 5.56 Å². The minimum atomic E-state index is -3.68. The van der Waals surface area contributed by atoms with E-state index in [4.69, 9.17) is 0 Å². The molecule has 0 aliphatic carbocycles. The van der Waals surface area contributed by atoms with E-state index in [1.807, 2.05) is 12.1 Å². The number of para-hydroxylation sites is 1. The summed E-state index contributed by atoms with van der Waals surface area (Å²) in [6.45, 7) is 0.401. The maximum absolute atomic E-state index is 13.2. The van der Waals surface area contributed by atoms with Gasteiger partial charge in [0.05, 0.1) is 10.6 Å². The quantitative estimate of drug-likeness (QED) is 0.846. The zero-order valence-corrected chi connectivity index (χ0v) is 10.9. The van der Waals surface area contributed by atoms with Crippen molar-refractivity contribution in [1.82, 2.24) is 0 Å². The van der Waals surface area contributed by atoms with Crippen molar-refractivity contribution in [1.29, 1.82) is 0 Å². The zero-order chi connectivity index (χ0) is 13.5. The van der Waals surface area contributed by atoms with Crippen molar-refractivity contribution in [2.75, 3.05) is 10.8 Å². The lowest BCUT2D eigenvalue weighted by atomic mass is 10.2. The van der Waals surface area contributed by atoms with Gasteiger partial charge in [-0.2, -0.15) is 0 Å². The Morgan fingerprint density at radius 1 is 1.05 bits per heavy atom. The van der Waals surface area contributed by atoms with Crippen LogP contribution in [-0.2, 0) is 16.4 Å². The molecule has 0 amide bonds. The number of nitrogens with zero attached hydrogens (tertiary/aromatic N) is 1. The van der Waals surface area contributed by atoms with Crippen LogP contribution in [0.25, 0.3) is 0 Å². The predicted octanol–water partition coefficient (Wildman–Crippen LogP) is 2.58. The number of sulfonamides is 1. The topological polar surface area (TPSA) is 37.4 Å². The molecule has 1 heterocycles. The molecule has 2 aromatic carbocycles. The maximum atomic E-state index is 13.2. The second-order valence-corrected chi connectivity index (χ2v) is 6.28. The average molecular weight is 277 g/mol. The van der Waals surface area contributed by atoms with Crippen LogP contribution in [0.15, 0.2) is 53.4 Å². The average Bonchev–Trinajstić information content (AvgIpc) is 2.83. The van der Waals surface area contributed by atoms with E-state index < -0.39 is 15.8 Å². The van der Waals surface area contributed by atoms with Crippen LogP contribution in [0.4, 0.5) is 10.1 Å². The summed E-state index contributed by atoms with van der Waals surface area (Å²) in [6, 6.07) is 12.5. The molecule has 0 saturated heterocycles. The zero-order valence-electron chi connectivity index (χ0n) is 10.1. The first-order chi connectivity index (χ1) is 9.09. The van der Waals surface area contributed by atoms with E-state index in [0.29, 0.717) is 18.7 Å². The summed E-state index contributed by atoms with van der Waals surface area (Å²) in [7, 11) is -3.68. The van der Waals surface area contributed by atoms with Crippen molar-refractivity contribution in [3.8, 4) is 0 Å². The van der Waals surface area contributed by atoms with Crippen LogP contribution in [0.3, 0.4) is 0 Å². The van der Waals surface area contributed by atoms with Crippen molar-refractivity contribution >= 4 is 15.7 Å². The summed E-state index contributed by atoms with van der Waals surface area (Å²) >= 11 is 0. The molecule has 0 atom stereocenters. The Hall–Kier alpha value is -1.88. The van der Waals surface area contributed by atoms with Gasteiger partial charge < -0.3 is 0 Å². The van der Waals surface area contributed by atoms with Crippen LogP contribution >= 0.6 is 0 Å². The minimum absolute atomic E-state index is 0.01000. The molecule has 0 radical (unpaired) electrons. The van der Waals surface area contributed by atoms with Crippen molar-refractivity contribution in [3.63, 3.8) is 0 Å². The van der Waals surface area contributed by atoms with E-state index in [9.17, 15) is 12.8 Å². The van der Waals surface area contributed by atoms with E-state index in [2.05, 4.69) is 0 Å². The largest absolute Gasteiger partial charge is 0.266 e. The number of fused-ring (bicyclic) bond motifs is 1. The molecule has 0 fully saturated rings. The Kier molecular flexibility index (Phi) is 2.78. The molecule has 0 N–H and O–H groups in total. The van der Waals surface area contributed by atoms with Gasteiger partial charge in [0.15, 0.2) is 0 Å². The Morgan fingerprint density at radius 2 is 1.84 bits per heavy atom. The normalized spacial score (nSPS) is 14.5. The molecule has 3 nitrogen and oxygen atoms in total. The van der Waals surface area contributed by atoms with Gasteiger partial charge in [0.25, 0.3) is 10.0 Å². The van der Waals surface area contributed by atoms with Crippen molar-refractivity contribution in [2.45, 2.75) is 11.3 Å². The van der Waals surface area contributed by atoms with E-state index in [1.165, 1.54) is 22.5 Å². The second kappa shape index (κ2) is 4.35. The molecular weight excluding hydrogens is 265 g/mol. The highest BCUT2D eigenvalue weighted by atomic mass is 32.2. The number of hydrogen-bond acceptors (Lipinski definition) is 2. The fraction of sp³-hybridized carbons (Fsp3) is 0.143. The predicted molar refractivity (Wildman–Crippen MR) is 71.1 cm³/mol. The number of halogens is 1. The first-order valence-electron chi connectivity index (χ1n) is 5.95. The summed E-state index contributed by atoms with van der Waals surface area (Å²) in [5.74, 6) is -0.548. The highest BCUT2D eigenvalue weighted by Crippen LogP contribution is 2.32. The molecule has 0 saturated carbocycles. The molecule has 98 valence electrons. The van der Waals surface area contributed by atoms with Crippen LogP contribution in [0.2, 0.25) is 0 Å². The monoisotopic (exact) mass is 277 g/mol. The van der Waals surface area contributed by atoms with Gasteiger partial charge in [-0.3, -0.25) is 4.31 Å². The molecule has 1 aliphatic heterocycles. The Balaban J connectivity index is 2.08. The summed E-state index contributed by atoms with van der Waals surface area (Å²) in [5, 5.41) is 0. The third-order valence-electron chi connectivity index (χ3n) is 3.23. The van der Waals surface area contributed by atoms with Gasteiger partial charge in [0, 0.05) is 6.54 Å². The van der Waals surface area contributed by atoms with E-state index in [0.717, 1.165) is 11.6 Å². The molecule has 19 heavy (non-hydrogen) atoms. The molecule has 0 aromatic heterocycles. The SMILES string of the molecule is O=S(=O)(c1cccc(F)c1)N1CCc2ccccc21. The summed E-state index contributed by atoms with van der Waals surface area (Å²) in [4.78, 5) is -0.01000. The summed E-state index contributed by atoms with van der Waals surface area (Å²) in [6.07, 6.45) is 0.685. The van der Waals surface area contributed by atoms with Crippen LogP contribution in [0, 0.1) is 5.82 Å². The molecule has 5 heteroatoms. The third kappa shape index (κ3) is 2.00. The molecule has 1 aliphatic rings.